The van der Waals surface area contributed by atoms with Gasteiger partial charge in [-0.15, -0.1) is 0 Å². The predicted octanol–water partition coefficient (Wildman–Crippen LogP) is 4.94. The van der Waals surface area contributed by atoms with Crippen LogP contribution in [0.4, 0.5) is 0 Å². The maximum absolute atomic E-state index is 13.3. The van der Waals surface area contributed by atoms with E-state index in [0.717, 1.165) is 48.4 Å². The summed E-state index contributed by atoms with van der Waals surface area (Å²) in [4.78, 5) is 20.1. The number of likely N-dealkylation sites (tertiary alicyclic amines) is 1. The Morgan fingerprint density at radius 2 is 1.57 bits per heavy atom. The van der Waals surface area contributed by atoms with Gasteiger partial charge >= 0.3 is 0 Å². The number of carbonyl (C=O) groups excluding carboxylic acids is 1. The summed E-state index contributed by atoms with van der Waals surface area (Å²) in [5, 5.41) is 4.57. The van der Waals surface area contributed by atoms with E-state index in [1.807, 2.05) is 59.5 Å². The molecule has 1 saturated heterocycles. The molecule has 3 heterocycles. The fourth-order valence-electron chi connectivity index (χ4n) is 4.07. The number of fused-ring (bicyclic) bond motifs is 1. The van der Waals surface area contributed by atoms with E-state index in [1.165, 1.54) is 0 Å². The van der Waals surface area contributed by atoms with Gasteiger partial charge in [-0.25, -0.2) is 9.50 Å². The van der Waals surface area contributed by atoms with Crippen molar-refractivity contribution in [2.24, 2.45) is 5.92 Å². The number of aromatic nitrogens is 3. The van der Waals surface area contributed by atoms with Gasteiger partial charge in [0.15, 0.2) is 5.65 Å². The van der Waals surface area contributed by atoms with Crippen LogP contribution in [-0.2, 0) is 0 Å². The second kappa shape index (κ2) is 7.75. The highest BCUT2D eigenvalue weighted by Crippen LogP contribution is 2.28. The highest BCUT2D eigenvalue weighted by molar-refractivity contribution is 6.00. The highest BCUT2D eigenvalue weighted by Gasteiger charge is 2.25. The summed E-state index contributed by atoms with van der Waals surface area (Å²) < 4.78 is 1.79. The van der Waals surface area contributed by atoms with Gasteiger partial charge in [0.1, 0.15) is 5.56 Å². The molecule has 1 aliphatic heterocycles. The van der Waals surface area contributed by atoms with Crippen LogP contribution in [0, 0.1) is 5.92 Å². The van der Waals surface area contributed by atoms with Crippen molar-refractivity contribution in [3.63, 3.8) is 0 Å². The lowest BCUT2D eigenvalue weighted by atomic mass is 9.99. The van der Waals surface area contributed by atoms with E-state index in [2.05, 4.69) is 24.2 Å². The Kier molecular flexibility index (Phi) is 4.79. The van der Waals surface area contributed by atoms with E-state index in [4.69, 9.17) is 4.98 Å². The fraction of sp³-hybridized carbons (Fsp3) is 0.240. The van der Waals surface area contributed by atoms with Gasteiger partial charge in [-0.05, 0) is 24.8 Å². The van der Waals surface area contributed by atoms with Gasteiger partial charge in [0, 0.05) is 24.2 Å². The Hall–Kier alpha value is -3.47. The molecule has 0 N–H and O–H groups in total. The first-order valence-electron chi connectivity index (χ1n) is 10.5. The molecule has 5 rings (SSSR count). The average Bonchev–Trinajstić information content (AvgIpc) is 3.24. The van der Waals surface area contributed by atoms with Crippen molar-refractivity contribution < 1.29 is 4.79 Å². The lowest BCUT2D eigenvalue weighted by Gasteiger charge is -2.30. The standard InChI is InChI=1S/C25H24N4O/c1-18-12-14-28(15-13-18)25(30)21-17-26-29-23(20-10-6-3-7-11-20)16-22(27-24(21)29)19-8-4-2-5-9-19/h2-11,16-18H,12-15H2,1H3. The average molecular weight is 396 g/mol. The number of amides is 1. The van der Waals surface area contributed by atoms with Crippen molar-refractivity contribution in [2.75, 3.05) is 13.1 Å². The van der Waals surface area contributed by atoms with Crippen molar-refractivity contribution in [1.82, 2.24) is 19.5 Å². The summed E-state index contributed by atoms with van der Waals surface area (Å²) >= 11 is 0. The fourth-order valence-corrected chi connectivity index (χ4v) is 4.07. The van der Waals surface area contributed by atoms with Crippen LogP contribution < -0.4 is 0 Å². The van der Waals surface area contributed by atoms with Crippen LogP contribution >= 0.6 is 0 Å². The molecule has 2 aromatic carbocycles. The molecule has 4 aromatic rings. The van der Waals surface area contributed by atoms with Crippen LogP contribution in [0.1, 0.15) is 30.1 Å². The zero-order valence-corrected chi connectivity index (χ0v) is 17.0. The normalized spacial score (nSPS) is 14.9. The van der Waals surface area contributed by atoms with E-state index in [-0.39, 0.29) is 5.91 Å². The van der Waals surface area contributed by atoms with Gasteiger partial charge in [-0.3, -0.25) is 4.79 Å². The van der Waals surface area contributed by atoms with Gasteiger partial charge in [0.2, 0.25) is 0 Å². The number of nitrogens with zero attached hydrogens (tertiary/aromatic N) is 4. The van der Waals surface area contributed by atoms with Crippen molar-refractivity contribution >= 4 is 11.6 Å². The molecule has 150 valence electrons. The molecule has 5 nitrogen and oxygen atoms in total. The van der Waals surface area contributed by atoms with Crippen LogP contribution in [0.5, 0.6) is 0 Å². The Bertz CT molecular complexity index is 1180. The minimum absolute atomic E-state index is 0.0219. The Morgan fingerprint density at radius 3 is 2.23 bits per heavy atom. The van der Waals surface area contributed by atoms with E-state index < -0.39 is 0 Å². The quantitative estimate of drug-likeness (QED) is 0.493. The number of hydrogen-bond donors (Lipinski definition) is 0. The summed E-state index contributed by atoms with van der Waals surface area (Å²) in [6.45, 7) is 3.83. The maximum atomic E-state index is 13.3. The van der Waals surface area contributed by atoms with Gasteiger partial charge in [-0.2, -0.15) is 5.10 Å². The SMILES string of the molecule is CC1CCN(C(=O)c2cnn3c(-c4ccccc4)cc(-c4ccccc4)nc23)CC1. The summed E-state index contributed by atoms with van der Waals surface area (Å²) in [5.74, 6) is 0.694. The van der Waals surface area contributed by atoms with E-state index in [0.29, 0.717) is 17.1 Å². The number of benzene rings is 2. The lowest BCUT2D eigenvalue weighted by molar-refractivity contribution is 0.0699. The third-order valence-corrected chi connectivity index (χ3v) is 5.91. The first-order chi connectivity index (χ1) is 14.7. The monoisotopic (exact) mass is 396 g/mol. The molecule has 0 unspecified atom stereocenters. The molecule has 0 radical (unpaired) electrons. The van der Waals surface area contributed by atoms with Crippen LogP contribution in [-0.4, -0.2) is 38.5 Å². The third-order valence-electron chi connectivity index (χ3n) is 5.91. The molecule has 0 aliphatic carbocycles. The lowest BCUT2D eigenvalue weighted by Crippen LogP contribution is -2.37. The van der Waals surface area contributed by atoms with Gasteiger partial charge in [-0.1, -0.05) is 67.6 Å². The molecule has 0 saturated carbocycles. The van der Waals surface area contributed by atoms with Gasteiger partial charge in [0.05, 0.1) is 17.6 Å². The second-order valence-corrected chi connectivity index (χ2v) is 8.03. The summed E-state index contributed by atoms with van der Waals surface area (Å²) in [7, 11) is 0. The van der Waals surface area contributed by atoms with Crippen LogP contribution in [0.25, 0.3) is 28.2 Å². The van der Waals surface area contributed by atoms with Crippen molar-refractivity contribution in [3.8, 4) is 22.5 Å². The number of carbonyl (C=O) groups is 1. The number of piperidine rings is 1. The topological polar surface area (TPSA) is 50.5 Å². The molecular formula is C25H24N4O. The van der Waals surface area contributed by atoms with Crippen molar-refractivity contribution in [3.05, 3.63) is 78.5 Å². The van der Waals surface area contributed by atoms with Crippen LogP contribution in [0.2, 0.25) is 0 Å². The van der Waals surface area contributed by atoms with E-state index in [1.54, 1.807) is 10.7 Å². The van der Waals surface area contributed by atoms with Gasteiger partial charge in [0.25, 0.3) is 5.91 Å². The third kappa shape index (κ3) is 3.36. The number of hydrogen-bond acceptors (Lipinski definition) is 3. The summed E-state index contributed by atoms with van der Waals surface area (Å²) in [6.07, 6.45) is 3.76. The molecule has 5 heteroatoms. The molecule has 1 aliphatic rings. The minimum Gasteiger partial charge on any atom is -0.338 e. The summed E-state index contributed by atoms with van der Waals surface area (Å²) in [6, 6.07) is 22.2. The van der Waals surface area contributed by atoms with E-state index >= 15 is 0 Å². The first kappa shape index (κ1) is 18.6. The summed E-state index contributed by atoms with van der Waals surface area (Å²) in [5.41, 5.74) is 4.99. The Balaban J connectivity index is 1.66. The molecular weight excluding hydrogens is 372 g/mol. The largest absolute Gasteiger partial charge is 0.338 e. The molecule has 1 fully saturated rings. The molecule has 2 aromatic heterocycles. The smallest absolute Gasteiger partial charge is 0.259 e. The Morgan fingerprint density at radius 1 is 0.933 bits per heavy atom. The van der Waals surface area contributed by atoms with Gasteiger partial charge < -0.3 is 4.90 Å². The zero-order chi connectivity index (χ0) is 20.5. The van der Waals surface area contributed by atoms with E-state index in [9.17, 15) is 4.79 Å². The van der Waals surface area contributed by atoms with Crippen molar-refractivity contribution in [2.45, 2.75) is 19.8 Å². The molecule has 0 spiro atoms. The zero-order valence-electron chi connectivity index (χ0n) is 17.0. The number of rotatable bonds is 3. The first-order valence-corrected chi connectivity index (χ1v) is 10.5. The molecule has 1 amide bonds. The van der Waals surface area contributed by atoms with Crippen LogP contribution in [0.3, 0.4) is 0 Å². The molecule has 0 bridgehead atoms. The van der Waals surface area contributed by atoms with Crippen molar-refractivity contribution in [1.29, 1.82) is 0 Å². The molecule has 0 atom stereocenters. The maximum Gasteiger partial charge on any atom is 0.259 e. The molecule has 30 heavy (non-hydrogen) atoms. The Labute approximate surface area is 176 Å². The predicted molar refractivity (Wildman–Crippen MR) is 118 cm³/mol. The van der Waals surface area contributed by atoms with Crippen LogP contribution in [0.15, 0.2) is 72.9 Å². The minimum atomic E-state index is 0.0219. The highest BCUT2D eigenvalue weighted by atomic mass is 16.2. The second-order valence-electron chi connectivity index (χ2n) is 8.03.